The van der Waals surface area contributed by atoms with E-state index in [4.69, 9.17) is 4.74 Å². The van der Waals surface area contributed by atoms with E-state index in [2.05, 4.69) is 60.2 Å². The van der Waals surface area contributed by atoms with Crippen molar-refractivity contribution in [3.63, 3.8) is 0 Å². The SMILES string of the molecule is CNC(CCC(C)(C)OC)c1ccc(Br)c(C)c1. The van der Waals surface area contributed by atoms with Crippen molar-refractivity contribution in [3.8, 4) is 0 Å². The monoisotopic (exact) mass is 313 g/mol. The number of hydrogen-bond acceptors (Lipinski definition) is 2. The molecule has 1 aromatic rings. The minimum atomic E-state index is -0.0560. The first-order valence-corrected chi connectivity index (χ1v) is 7.17. The van der Waals surface area contributed by atoms with Crippen LogP contribution in [0.2, 0.25) is 0 Å². The predicted molar refractivity (Wildman–Crippen MR) is 81.0 cm³/mol. The first-order chi connectivity index (χ1) is 8.39. The average molecular weight is 314 g/mol. The fourth-order valence-corrected chi connectivity index (χ4v) is 2.20. The van der Waals surface area contributed by atoms with Crippen molar-refractivity contribution in [1.82, 2.24) is 5.32 Å². The quantitative estimate of drug-likeness (QED) is 0.849. The Morgan fingerprint density at radius 1 is 1.39 bits per heavy atom. The van der Waals surface area contributed by atoms with E-state index < -0.39 is 0 Å². The van der Waals surface area contributed by atoms with Gasteiger partial charge in [-0.25, -0.2) is 0 Å². The van der Waals surface area contributed by atoms with Crippen LogP contribution in [0, 0.1) is 6.92 Å². The summed E-state index contributed by atoms with van der Waals surface area (Å²) < 4.78 is 6.64. The van der Waals surface area contributed by atoms with E-state index in [1.54, 1.807) is 7.11 Å². The molecule has 1 N–H and O–H groups in total. The second-order valence-electron chi connectivity index (χ2n) is 5.35. The molecule has 0 saturated heterocycles. The second-order valence-corrected chi connectivity index (χ2v) is 6.21. The summed E-state index contributed by atoms with van der Waals surface area (Å²) >= 11 is 3.54. The third-order valence-electron chi connectivity index (χ3n) is 3.52. The minimum Gasteiger partial charge on any atom is -0.379 e. The summed E-state index contributed by atoms with van der Waals surface area (Å²) in [6.45, 7) is 6.39. The molecule has 1 rings (SSSR count). The summed E-state index contributed by atoms with van der Waals surface area (Å²) in [5.74, 6) is 0. The van der Waals surface area contributed by atoms with Crippen LogP contribution in [0.15, 0.2) is 22.7 Å². The summed E-state index contributed by atoms with van der Waals surface area (Å²) in [5, 5.41) is 3.39. The van der Waals surface area contributed by atoms with Gasteiger partial charge in [0.2, 0.25) is 0 Å². The number of halogens is 1. The van der Waals surface area contributed by atoms with Gasteiger partial charge in [0.15, 0.2) is 0 Å². The number of nitrogens with one attached hydrogen (secondary N) is 1. The summed E-state index contributed by atoms with van der Waals surface area (Å²) in [4.78, 5) is 0. The predicted octanol–water partition coefficient (Wildman–Crippen LogP) is 4.22. The van der Waals surface area contributed by atoms with Crippen molar-refractivity contribution in [3.05, 3.63) is 33.8 Å². The van der Waals surface area contributed by atoms with Crippen molar-refractivity contribution >= 4 is 15.9 Å². The van der Waals surface area contributed by atoms with Crippen LogP contribution in [0.1, 0.15) is 43.9 Å². The highest BCUT2D eigenvalue weighted by molar-refractivity contribution is 9.10. The zero-order valence-electron chi connectivity index (χ0n) is 12.0. The summed E-state index contributed by atoms with van der Waals surface area (Å²) in [5.41, 5.74) is 2.56. The van der Waals surface area contributed by atoms with Crippen molar-refractivity contribution < 1.29 is 4.74 Å². The van der Waals surface area contributed by atoms with E-state index in [1.165, 1.54) is 15.6 Å². The van der Waals surface area contributed by atoms with Crippen LogP contribution in [-0.2, 0) is 4.74 Å². The standard InChI is InChI=1S/C15H24BrNO/c1-11-10-12(6-7-13(11)16)14(17-4)8-9-15(2,3)18-5/h6-7,10,14,17H,8-9H2,1-5H3. The molecule has 102 valence electrons. The molecule has 0 aliphatic heterocycles. The minimum absolute atomic E-state index is 0.0560. The van der Waals surface area contributed by atoms with Gasteiger partial charge in [0.25, 0.3) is 0 Å². The van der Waals surface area contributed by atoms with Crippen LogP contribution in [0.4, 0.5) is 0 Å². The van der Waals surface area contributed by atoms with Gasteiger partial charge in [-0.05, 0) is 57.9 Å². The van der Waals surface area contributed by atoms with Crippen LogP contribution >= 0.6 is 15.9 Å². The van der Waals surface area contributed by atoms with E-state index in [0.29, 0.717) is 6.04 Å². The number of rotatable bonds is 6. The molecule has 1 atom stereocenters. The second kappa shape index (κ2) is 6.69. The largest absolute Gasteiger partial charge is 0.379 e. The third kappa shape index (κ3) is 4.38. The molecular weight excluding hydrogens is 290 g/mol. The smallest absolute Gasteiger partial charge is 0.0623 e. The molecule has 3 heteroatoms. The maximum absolute atomic E-state index is 5.48. The molecule has 0 saturated carbocycles. The number of ether oxygens (including phenoxy) is 1. The molecule has 0 aliphatic rings. The van der Waals surface area contributed by atoms with Gasteiger partial charge < -0.3 is 10.1 Å². The van der Waals surface area contributed by atoms with Crippen LogP contribution in [0.25, 0.3) is 0 Å². The average Bonchev–Trinajstić information content (AvgIpc) is 2.34. The molecule has 18 heavy (non-hydrogen) atoms. The van der Waals surface area contributed by atoms with Crippen LogP contribution in [0.5, 0.6) is 0 Å². The van der Waals surface area contributed by atoms with Crippen molar-refractivity contribution in [1.29, 1.82) is 0 Å². The van der Waals surface area contributed by atoms with Gasteiger partial charge in [0, 0.05) is 17.6 Å². The van der Waals surface area contributed by atoms with Gasteiger partial charge in [-0.2, -0.15) is 0 Å². The van der Waals surface area contributed by atoms with Crippen molar-refractivity contribution in [2.24, 2.45) is 0 Å². The number of methoxy groups -OCH3 is 1. The highest BCUT2D eigenvalue weighted by Crippen LogP contribution is 2.27. The Morgan fingerprint density at radius 3 is 2.56 bits per heavy atom. The van der Waals surface area contributed by atoms with Crippen LogP contribution in [-0.4, -0.2) is 19.8 Å². The number of hydrogen-bond donors (Lipinski definition) is 1. The van der Waals surface area contributed by atoms with E-state index >= 15 is 0 Å². The lowest BCUT2D eigenvalue weighted by Crippen LogP contribution is -2.26. The molecular formula is C15H24BrNO. The molecule has 0 heterocycles. The van der Waals surface area contributed by atoms with Crippen molar-refractivity contribution in [2.45, 2.75) is 45.3 Å². The van der Waals surface area contributed by atoms with Gasteiger partial charge in [0.05, 0.1) is 5.60 Å². The number of benzene rings is 1. The first-order valence-electron chi connectivity index (χ1n) is 6.38. The van der Waals surface area contributed by atoms with E-state index in [1.807, 2.05) is 7.05 Å². The number of aryl methyl sites for hydroxylation is 1. The molecule has 0 radical (unpaired) electrons. The topological polar surface area (TPSA) is 21.3 Å². The fourth-order valence-electron chi connectivity index (χ4n) is 1.96. The first kappa shape index (κ1) is 15.7. The lowest BCUT2D eigenvalue weighted by molar-refractivity contribution is 0.0118. The van der Waals surface area contributed by atoms with Gasteiger partial charge in [-0.1, -0.05) is 28.1 Å². The third-order valence-corrected chi connectivity index (χ3v) is 4.41. The van der Waals surface area contributed by atoms with Crippen LogP contribution in [0.3, 0.4) is 0 Å². The Bertz CT molecular complexity index is 390. The normalized spacial score (nSPS) is 13.7. The van der Waals surface area contributed by atoms with Crippen molar-refractivity contribution in [2.75, 3.05) is 14.2 Å². The van der Waals surface area contributed by atoms with E-state index in [9.17, 15) is 0 Å². The van der Waals surface area contributed by atoms with Gasteiger partial charge in [-0.3, -0.25) is 0 Å². The Hall–Kier alpha value is -0.380. The summed E-state index contributed by atoms with van der Waals surface area (Å²) in [6, 6.07) is 6.92. The maximum atomic E-state index is 5.48. The van der Waals surface area contributed by atoms with Gasteiger partial charge in [0.1, 0.15) is 0 Å². The Balaban J connectivity index is 2.74. The lowest BCUT2D eigenvalue weighted by Gasteiger charge is -2.26. The highest BCUT2D eigenvalue weighted by atomic mass is 79.9. The molecule has 2 nitrogen and oxygen atoms in total. The summed E-state index contributed by atoms with van der Waals surface area (Å²) in [7, 11) is 3.79. The Kier molecular flexibility index (Phi) is 5.83. The van der Waals surface area contributed by atoms with Gasteiger partial charge >= 0.3 is 0 Å². The lowest BCUT2D eigenvalue weighted by atomic mass is 9.94. The molecule has 1 aromatic carbocycles. The Labute approximate surface area is 119 Å². The summed E-state index contributed by atoms with van der Waals surface area (Å²) in [6.07, 6.45) is 2.10. The molecule has 0 aromatic heterocycles. The highest BCUT2D eigenvalue weighted by Gasteiger charge is 2.19. The molecule has 1 unspecified atom stereocenters. The molecule has 0 bridgehead atoms. The molecule has 0 fully saturated rings. The zero-order valence-corrected chi connectivity index (χ0v) is 13.6. The maximum Gasteiger partial charge on any atom is 0.0623 e. The van der Waals surface area contributed by atoms with Crippen LogP contribution < -0.4 is 5.32 Å². The van der Waals surface area contributed by atoms with Gasteiger partial charge in [-0.15, -0.1) is 0 Å². The zero-order chi connectivity index (χ0) is 13.8. The van der Waals surface area contributed by atoms with E-state index in [-0.39, 0.29) is 5.60 Å². The van der Waals surface area contributed by atoms with E-state index in [0.717, 1.165) is 12.8 Å². The molecule has 0 spiro atoms. The molecule has 0 aliphatic carbocycles. The molecule has 0 amide bonds. The fraction of sp³-hybridized carbons (Fsp3) is 0.600. The Morgan fingerprint density at radius 2 is 2.06 bits per heavy atom.